The SMILES string of the molecule is O=C(NCC1CCCCC1)c1ncnc2c1CCN(Cc1ccccc1Cl)C2. The standard InChI is InChI=1S/C22H27ClN4O/c23-19-9-5-4-8-17(19)13-27-11-10-18-20(14-27)25-15-26-21(18)22(28)24-12-16-6-2-1-3-7-16/h4-5,8-9,15-16H,1-3,6-7,10-14H2,(H,24,28). The molecule has 5 nitrogen and oxygen atoms in total. The average Bonchev–Trinajstić information content (AvgIpc) is 2.74. The van der Waals surface area contributed by atoms with Crippen LogP contribution in [0.2, 0.25) is 5.02 Å². The summed E-state index contributed by atoms with van der Waals surface area (Å²) in [6.07, 6.45) is 8.64. The third kappa shape index (κ3) is 4.53. The first kappa shape index (κ1) is 19.3. The highest BCUT2D eigenvalue weighted by Gasteiger charge is 2.25. The number of rotatable bonds is 5. The molecule has 1 N–H and O–H groups in total. The number of benzene rings is 1. The number of hydrogen-bond acceptors (Lipinski definition) is 4. The number of carbonyl (C=O) groups is 1. The van der Waals surface area contributed by atoms with Crippen LogP contribution in [0.4, 0.5) is 0 Å². The maximum absolute atomic E-state index is 12.7. The van der Waals surface area contributed by atoms with Crippen molar-refractivity contribution in [1.29, 1.82) is 0 Å². The number of aromatic nitrogens is 2. The molecule has 1 aliphatic carbocycles. The van der Waals surface area contributed by atoms with Gasteiger partial charge in [0.05, 0.1) is 5.69 Å². The number of nitrogens with zero attached hydrogens (tertiary/aromatic N) is 3. The molecule has 148 valence electrons. The van der Waals surface area contributed by atoms with E-state index in [0.29, 0.717) is 18.2 Å². The summed E-state index contributed by atoms with van der Waals surface area (Å²) in [5.41, 5.74) is 3.63. The molecule has 1 aromatic carbocycles. The van der Waals surface area contributed by atoms with E-state index in [-0.39, 0.29) is 5.91 Å². The quantitative estimate of drug-likeness (QED) is 0.827. The molecule has 6 heteroatoms. The summed E-state index contributed by atoms with van der Waals surface area (Å²) >= 11 is 6.30. The molecule has 0 saturated heterocycles. The minimum absolute atomic E-state index is 0.0521. The Kier molecular flexibility index (Phi) is 6.23. The van der Waals surface area contributed by atoms with E-state index in [1.807, 2.05) is 18.2 Å². The third-order valence-corrected chi connectivity index (χ3v) is 6.30. The Bertz CT molecular complexity index is 835. The first-order valence-electron chi connectivity index (χ1n) is 10.3. The van der Waals surface area contributed by atoms with Crippen LogP contribution < -0.4 is 5.32 Å². The lowest BCUT2D eigenvalue weighted by molar-refractivity contribution is 0.0935. The van der Waals surface area contributed by atoms with Gasteiger partial charge in [-0.15, -0.1) is 0 Å². The number of fused-ring (bicyclic) bond motifs is 1. The number of hydrogen-bond donors (Lipinski definition) is 1. The van der Waals surface area contributed by atoms with Crippen LogP contribution >= 0.6 is 11.6 Å². The molecule has 2 aliphatic rings. The molecule has 28 heavy (non-hydrogen) atoms. The Morgan fingerprint density at radius 2 is 2.00 bits per heavy atom. The molecule has 1 fully saturated rings. The zero-order valence-electron chi connectivity index (χ0n) is 16.2. The first-order chi connectivity index (χ1) is 13.7. The molecule has 0 unspecified atom stereocenters. The highest BCUT2D eigenvalue weighted by atomic mass is 35.5. The normalized spacial score (nSPS) is 17.9. The van der Waals surface area contributed by atoms with Crippen LogP contribution in [0.1, 0.15) is 59.4 Å². The van der Waals surface area contributed by atoms with Gasteiger partial charge in [-0.25, -0.2) is 9.97 Å². The number of halogens is 1. The van der Waals surface area contributed by atoms with E-state index >= 15 is 0 Å². The molecule has 4 rings (SSSR count). The first-order valence-corrected chi connectivity index (χ1v) is 10.6. The van der Waals surface area contributed by atoms with Crippen molar-refractivity contribution in [3.63, 3.8) is 0 Å². The molecule has 0 bridgehead atoms. The molecule has 2 heterocycles. The van der Waals surface area contributed by atoms with Crippen molar-refractivity contribution < 1.29 is 4.79 Å². The fraction of sp³-hybridized carbons (Fsp3) is 0.500. The van der Waals surface area contributed by atoms with Crippen molar-refractivity contribution in [2.75, 3.05) is 13.1 Å². The molecule has 1 aromatic heterocycles. The molecular formula is C22H27ClN4O. The molecule has 1 amide bonds. The van der Waals surface area contributed by atoms with E-state index in [1.165, 1.54) is 38.4 Å². The van der Waals surface area contributed by atoms with E-state index in [9.17, 15) is 4.79 Å². The Labute approximate surface area is 171 Å². The maximum atomic E-state index is 12.7. The second-order valence-electron chi connectivity index (χ2n) is 7.91. The van der Waals surface area contributed by atoms with Crippen LogP contribution in [0, 0.1) is 5.92 Å². The van der Waals surface area contributed by atoms with Gasteiger partial charge in [-0.2, -0.15) is 0 Å². The van der Waals surface area contributed by atoms with Gasteiger partial charge in [-0.3, -0.25) is 9.69 Å². The van der Waals surface area contributed by atoms with Gasteiger partial charge in [-0.1, -0.05) is 49.1 Å². The highest BCUT2D eigenvalue weighted by molar-refractivity contribution is 6.31. The summed E-state index contributed by atoms with van der Waals surface area (Å²) in [5, 5.41) is 3.91. The van der Waals surface area contributed by atoms with Gasteiger partial charge < -0.3 is 5.32 Å². The Balaban J connectivity index is 1.41. The topological polar surface area (TPSA) is 58.1 Å². The van der Waals surface area contributed by atoms with Gasteiger partial charge in [0.15, 0.2) is 0 Å². The van der Waals surface area contributed by atoms with Crippen LogP contribution in [-0.2, 0) is 19.5 Å². The third-order valence-electron chi connectivity index (χ3n) is 5.93. The van der Waals surface area contributed by atoms with Crippen molar-refractivity contribution >= 4 is 17.5 Å². The summed E-state index contributed by atoms with van der Waals surface area (Å²) in [6, 6.07) is 7.94. The summed E-state index contributed by atoms with van der Waals surface area (Å²) in [7, 11) is 0. The second kappa shape index (κ2) is 9.01. The molecule has 2 aromatic rings. The average molecular weight is 399 g/mol. The van der Waals surface area contributed by atoms with Crippen molar-refractivity contribution in [1.82, 2.24) is 20.2 Å². The minimum Gasteiger partial charge on any atom is -0.350 e. The minimum atomic E-state index is -0.0521. The Morgan fingerprint density at radius 3 is 2.82 bits per heavy atom. The van der Waals surface area contributed by atoms with Crippen LogP contribution in [0.15, 0.2) is 30.6 Å². The molecule has 1 aliphatic heterocycles. The van der Waals surface area contributed by atoms with Crippen molar-refractivity contribution in [2.24, 2.45) is 5.92 Å². The van der Waals surface area contributed by atoms with Crippen LogP contribution in [-0.4, -0.2) is 33.9 Å². The second-order valence-corrected chi connectivity index (χ2v) is 8.32. The smallest absolute Gasteiger partial charge is 0.270 e. The van der Waals surface area contributed by atoms with Gasteiger partial charge >= 0.3 is 0 Å². The zero-order valence-corrected chi connectivity index (χ0v) is 16.9. The van der Waals surface area contributed by atoms with Crippen LogP contribution in [0.25, 0.3) is 0 Å². The van der Waals surface area contributed by atoms with Crippen LogP contribution in [0.3, 0.4) is 0 Å². The molecular weight excluding hydrogens is 372 g/mol. The van der Waals surface area contributed by atoms with Crippen molar-refractivity contribution in [3.8, 4) is 0 Å². The van der Waals surface area contributed by atoms with Gasteiger partial charge in [0.2, 0.25) is 0 Å². The van der Waals surface area contributed by atoms with E-state index in [1.54, 1.807) is 0 Å². The van der Waals surface area contributed by atoms with Gasteiger partial charge in [-0.05, 0) is 36.8 Å². The monoisotopic (exact) mass is 398 g/mol. The molecule has 0 atom stereocenters. The van der Waals surface area contributed by atoms with Crippen LogP contribution in [0.5, 0.6) is 0 Å². The Morgan fingerprint density at radius 1 is 1.18 bits per heavy atom. The van der Waals surface area contributed by atoms with Crippen molar-refractivity contribution in [3.05, 3.63) is 58.1 Å². The summed E-state index contributed by atoms with van der Waals surface area (Å²) in [6.45, 7) is 3.13. The summed E-state index contributed by atoms with van der Waals surface area (Å²) in [4.78, 5) is 23.8. The lowest BCUT2D eigenvalue weighted by Gasteiger charge is -2.29. The molecule has 1 saturated carbocycles. The highest BCUT2D eigenvalue weighted by Crippen LogP contribution is 2.25. The van der Waals surface area contributed by atoms with Crippen molar-refractivity contribution in [2.45, 2.75) is 51.6 Å². The molecule has 0 spiro atoms. The van der Waals surface area contributed by atoms with Gasteiger partial charge in [0.25, 0.3) is 5.91 Å². The molecule has 0 radical (unpaired) electrons. The van der Waals surface area contributed by atoms with E-state index in [2.05, 4.69) is 26.3 Å². The largest absolute Gasteiger partial charge is 0.350 e. The van der Waals surface area contributed by atoms with E-state index in [0.717, 1.165) is 47.9 Å². The predicted molar refractivity (Wildman–Crippen MR) is 110 cm³/mol. The number of nitrogens with one attached hydrogen (secondary N) is 1. The lowest BCUT2D eigenvalue weighted by Crippen LogP contribution is -2.35. The number of amides is 1. The zero-order chi connectivity index (χ0) is 19.3. The Hall–Kier alpha value is -1.98. The van der Waals surface area contributed by atoms with Gasteiger partial charge in [0, 0.05) is 36.8 Å². The van der Waals surface area contributed by atoms with Gasteiger partial charge in [0.1, 0.15) is 12.0 Å². The van der Waals surface area contributed by atoms with E-state index < -0.39 is 0 Å². The fourth-order valence-electron chi connectivity index (χ4n) is 4.32. The summed E-state index contributed by atoms with van der Waals surface area (Å²) in [5.74, 6) is 0.560. The van der Waals surface area contributed by atoms with E-state index in [4.69, 9.17) is 11.6 Å². The summed E-state index contributed by atoms with van der Waals surface area (Å²) < 4.78 is 0. The fourth-order valence-corrected chi connectivity index (χ4v) is 4.51. The predicted octanol–water partition coefficient (Wildman–Crippen LogP) is 4.00. The lowest BCUT2D eigenvalue weighted by atomic mass is 9.89. The maximum Gasteiger partial charge on any atom is 0.270 e. The number of carbonyl (C=O) groups excluding carboxylic acids is 1.